The third-order valence-corrected chi connectivity index (χ3v) is 5.95. The molecule has 0 radical (unpaired) electrons. The molecule has 2 N–H and O–H groups in total. The summed E-state index contributed by atoms with van der Waals surface area (Å²) in [5.74, 6) is -0.0906. The van der Waals surface area contributed by atoms with Crippen LogP contribution in [-0.2, 0) is 21.4 Å². The van der Waals surface area contributed by atoms with Gasteiger partial charge in [0.05, 0.1) is 12.8 Å². The number of primary amides is 1. The molecule has 1 unspecified atom stereocenters. The number of nitrogens with zero attached hydrogens (tertiary/aromatic N) is 3. The summed E-state index contributed by atoms with van der Waals surface area (Å²) in [4.78, 5) is 11.2. The minimum Gasteiger partial charge on any atom is -0.477 e. The lowest BCUT2D eigenvalue weighted by Crippen LogP contribution is -2.41. The summed E-state index contributed by atoms with van der Waals surface area (Å²) in [5.41, 5.74) is 5.22. The predicted molar refractivity (Wildman–Crippen MR) is 77.6 cm³/mol. The molecule has 0 spiro atoms. The number of carbonyl (C=O) groups is 1. The zero-order valence-corrected chi connectivity index (χ0v) is 13.1. The third-order valence-electron chi connectivity index (χ3n) is 4.10. The average Bonchev–Trinajstić information content (AvgIpc) is 2.91. The topological polar surface area (TPSA) is 108 Å². The molecule has 2 aliphatic rings. The minimum atomic E-state index is -3.66. The van der Waals surface area contributed by atoms with Gasteiger partial charge in [0.2, 0.25) is 21.8 Å². The Bertz CT molecular complexity index is 670. The fraction of sp³-hybridized carbons (Fsp3) is 0.692. The van der Waals surface area contributed by atoms with Crippen molar-refractivity contribution in [3.63, 3.8) is 0 Å². The number of sulfonamides is 1. The second kappa shape index (κ2) is 5.88. The number of ether oxygens (including phenoxy) is 1. The number of hydrogen-bond acceptors (Lipinski definition) is 5. The van der Waals surface area contributed by atoms with E-state index in [1.54, 1.807) is 4.68 Å². The van der Waals surface area contributed by atoms with Crippen molar-refractivity contribution < 1.29 is 17.9 Å². The maximum absolute atomic E-state index is 12.8. The summed E-state index contributed by atoms with van der Waals surface area (Å²) in [5, 5.41) is 4.10. The van der Waals surface area contributed by atoms with Gasteiger partial charge in [0.15, 0.2) is 4.90 Å². The van der Waals surface area contributed by atoms with Crippen LogP contribution in [0.1, 0.15) is 25.7 Å². The molecular formula is C13H20N4O4S. The van der Waals surface area contributed by atoms with Crippen LogP contribution < -0.4 is 10.5 Å². The molecule has 3 rings (SSSR count). The third kappa shape index (κ3) is 2.82. The van der Waals surface area contributed by atoms with Crippen LogP contribution >= 0.6 is 0 Å². The molecule has 0 bridgehead atoms. The van der Waals surface area contributed by atoms with Gasteiger partial charge in [-0.2, -0.15) is 9.40 Å². The van der Waals surface area contributed by atoms with E-state index in [1.165, 1.54) is 10.5 Å². The van der Waals surface area contributed by atoms with Crippen molar-refractivity contribution in [2.24, 2.45) is 11.7 Å². The van der Waals surface area contributed by atoms with E-state index in [0.29, 0.717) is 32.1 Å². The van der Waals surface area contributed by atoms with Crippen molar-refractivity contribution in [2.75, 3.05) is 19.7 Å². The second-order valence-corrected chi connectivity index (χ2v) is 7.69. The molecule has 0 aromatic carbocycles. The standard InChI is InChI=1S/C13H20N4O4S/c14-12(18)7-10-3-1-4-16(9-10)22(19,20)11-8-15-17-5-2-6-21-13(11)17/h8,10H,1-7,9H2,(H2,14,18). The fourth-order valence-corrected chi connectivity index (χ4v) is 4.68. The van der Waals surface area contributed by atoms with Crippen molar-refractivity contribution in [2.45, 2.75) is 37.1 Å². The van der Waals surface area contributed by atoms with Crippen LogP contribution in [-0.4, -0.2) is 48.1 Å². The molecule has 1 atom stereocenters. The van der Waals surface area contributed by atoms with E-state index in [0.717, 1.165) is 19.3 Å². The number of rotatable bonds is 4. The van der Waals surface area contributed by atoms with Gasteiger partial charge in [-0.3, -0.25) is 4.79 Å². The number of hydrogen-bond donors (Lipinski definition) is 1. The first-order valence-electron chi connectivity index (χ1n) is 7.45. The first-order chi connectivity index (χ1) is 10.5. The van der Waals surface area contributed by atoms with Crippen LogP contribution in [0.5, 0.6) is 5.88 Å². The monoisotopic (exact) mass is 328 g/mol. The van der Waals surface area contributed by atoms with E-state index >= 15 is 0 Å². The first kappa shape index (κ1) is 15.3. The largest absolute Gasteiger partial charge is 0.477 e. The zero-order chi connectivity index (χ0) is 15.7. The summed E-state index contributed by atoms with van der Waals surface area (Å²) >= 11 is 0. The molecule has 22 heavy (non-hydrogen) atoms. The van der Waals surface area contributed by atoms with Gasteiger partial charge in [-0.25, -0.2) is 13.1 Å². The van der Waals surface area contributed by atoms with Gasteiger partial charge in [-0.15, -0.1) is 0 Å². The molecule has 1 aromatic heterocycles. The Balaban J connectivity index is 1.83. The highest BCUT2D eigenvalue weighted by atomic mass is 32.2. The molecule has 2 aliphatic heterocycles. The number of piperidine rings is 1. The van der Waals surface area contributed by atoms with Crippen LogP contribution in [0.2, 0.25) is 0 Å². The Morgan fingerprint density at radius 1 is 1.41 bits per heavy atom. The Kier molecular flexibility index (Phi) is 4.09. The lowest BCUT2D eigenvalue weighted by molar-refractivity contribution is -0.119. The number of fused-ring (bicyclic) bond motifs is 1. The van der Waals surface area contributed by atoms with Gasteiger partial charge < -0.3 is 10.5 Å². The number of amides is 1. The smallest absolute Gasteiger partial charge is 0.250 e. The molecule has 8 nitrogen and oxygen atoms in total. The molecule has 1 aromatic rings. The van der Waals surface area contributed by atoms with Crippen LogP contribution in [0.15, 0.2) is 11.1 Å². The molecule has 122 valence electrons. The van der Waals surface area contributed by atoms with Gasteiger partial charge in [-0.1, -0.05) is 0 Å². The first-order valence-corrected chi connectivity index (χ1v) is 8.89. The Hall–Kier alpha value is -1.61. The molecular weight excluding hydrogens is 308 g/mol. The number of aromatic nitrogens is 2. The molecule has 1 fully saturated rings. The summed E-state index contributed by atoms with van der Waals surface area (Å²) in [6, 6.07) is 0. The van der Waals surface area contributed by atoms with E-state index in [-0.39, 0.29) is 17.2 Å². The second-order valence-electron chi connectivity index (χ2n) is 5.78. The highest BCUT2D eigenvalue weighted by Gasteiger charge is 2.35. The van der Waals surface area contributed by atoms with Crippen LogP contribution in [0.25, 0.3) is 0 Å². The maximum atomic E-state index is 12.8. The van der Waals surface area contributed by atoms with Gasteiger partial charge in [-0.05, 0) is 18.8 Å². The quantitative estimate of drug-likeness (QED) is 0.833. The number of aryl methyl sites for hydroxylation is 1. The van der Waals surface area contributed by atoms with Crippen molar-refractivity contribution >= 4 is 15.9 Å². The fourth-order valence-electron chi connectivity index (χ4n) is 3.06. The van der Waals surface area contributed by atoms with Crippen molar-refractivity contribution in [1.82, 2.24) is 14.1 Å². The number of carbonyl (C=O) groups excluding carboxylic acids is 1. The summed E-state index contributed by atoms with van der Waals surface area (Å²) in [6.07, 6.45) is 3.93. The Morgan fingerprint density at radius 3 is 3.00 bits per heavy atom. The van der Waals surface area contributed by atoms with E-state index in [1.807, 2.05) is 0 Å². The zero-order valence-electron chi connectivity index (χ0n) is 12.3. The summed E-state index contributed by atoms with van der Waals surface area (Å²) in [6.45, 7) is 1.92. The Morgan fingerprint density at radius 2 is 2.23 bits per heavy atom. The van der Waals surface area contributed by atoms with Crippen LogP contribution in [0, 0.1) is 5.92 Å². The van der Waals surface area contributed by atoms with Crippen LogP contribution in [0.4, 0.5) is 0 Å². The molecule has 3 heterocycles. The highest BCUT2D eigenvalue weighted by molar-refractivity contribution is 7.89. The van der Waals surface area contributed by atoms with Gasteiger partial charge in [0.1, 0.15) is 0 Å². The highest BCUT2D eigenvalue weighted by Crippen LogP contribution is 2.31. The molecule has 1 saturated heterocycles. The Labute approximate surface area is 129 Å². The van der Waals surface area contributed by atoms with Crippen molar-refractivity contribution in [3.8, 4) is 5.88 Å². The lowest BCUT2D eigenvalue weighted by Gasteiger charge is -2.31. The van der Waals surface area contributed by atoms with Gasteiger partial charge >= 0.3 is 0 Å². The normalized spacial score (nSPS) is 22.8. The predicted octanol–water partition coefficient (Wildman–Crippen LogP) is -0.0583. The van der Waals surface area contributed by atoms with E-state index in [9.17, 15) is 13.2 Å². The maximum Gasteiger partial charge on any atom is 0.250 e. The lowest BCUT2D eigenvalue weighted by atomic mass is 9.96. The van der Waals surface area contributed by atoms with Crippen molar-refractivity contribution in [1.29, 1.82) is 0 Å². The van der Waals surface area contributed by atoms with E-state index < -0.39 is 15.9 Å². The van der Waals surface area contributed by atoms with Crippen molar-refractivity contribution in [3.05, 3.63) is 6.20 Å². The van der Waals surface area contributed by atoms with E-state index in [4.69, 9.17) is 10.5 Å². The van der Waals surface area contributed by atoms with E-state index in [2.05, 4.69) is 5.10 Å². The number of nitrogens with two attached hydrogens (primary N) is 1. The molecule has 0 saturated carbocycles. The average molecular weight is 328 g/mol. The van der Waals surface area contributed by atoms with Gasteiger partial charge in [0.25, 0.3) is 0 Å². The summed E-state index contributed by atoms with van der Waals surface area (Å²) < 4.78 is 34.1. The SMILES string of the molecule is NC(=O)CC1CCCN(S(=O)(=O)c2cnn3c2OCCC3)C1. The molecule has 0 aliphatic carbocycles. The minimum absolute atomic E-state index is 0.0201. The molecule has 9 heteroatoms. The van der Waals surface area contributed by atoms with Crippen LogP contribution in [0.3, 0.4) is 0 Å². The molecule has 1 amide bonds. The van der Waals surface area contributed by atoms with Gasteiger partial charge in [0, 0.05) is 32.5 Å². The summed E-state index contributed by atoms with van der Waals surface area (Å²) in [7, 11) is -3.66.